The Morgan fingerprint density at radius 2 is 1.87 bits per heavy atom. The zero-order chi connectivity index (χ0) is 16.7. The number of nitrogens with one attached hydrogen (secondary N) is 2. The summed E-state index contributed by atoms with van der Waals surface area (Å²) in [5.41, 5.74) is 1.50. The summed E-state index contributed by atoms with van der Waals surface area (Å²) in [7, 11) is 0. The van der Waals surface area contributed by atoms with Gasteiger partial charge in [-0.05, 0) is 36.8 Å². The van der Waals surface area contributed by atoms with Crippen LogP contribution >= 0.6 is 11.6 Å². The van der Waals surface area contributed by atoms with Crippen molar-refractivity contribution in [3.05, 3.63) is 53.2 Å². The summed E-state index contributed by atoms with van der Waals surface area (Å²) in [5.74, 6) is -0.315. The van der Waals surface area contributed by atoms with Gasteiger partial charge in [0.05, 0.1) is 0 Å². The van der Waals surface area contributed by atoms with Crippen molar-refractivity contribution in [1.29, 1.82) is 0 Å². The second kappa shape index (κ2) is 8.26. The Morgan fingerprint density at radius 3 is 2.52 bits per heavy atom. The van der Waals surface area contributed by atoms with Crippen LogP contribution in [0.3, 0.4) is 0 Å². The molecule has 0 aliphatic rings. The molecule has 0 unspecified atom stereocenters. The zero-order valence-electron chi connectivity index (χ0n) is 12.5. The summed E-state index contributed by atoms with van der Waals surface area (Å²) < 4.78 is 5.07. The van der Waals surface area contributed by atoms with E-state index in [1.165, 1.54) is 0 Å². The van der Waals surface area contributed by atoms with Gasteiger partial charge >= 0.3 is 0 Å². The van der Waals surface area contributed by atoms with E-state index < -0.39 is 0 Å². The second-order valence-electron chi connectivity index (χ2n) is 4.77. The summed E-state index contributed by atoms with van der Waals surface area (Å²) in [4.78, 5) is 27.3. The molecule has 1 aromatic carbocycles. The number of ether oxygens (including phenoxy) is 1. The molecule has 0 atom stereocenters. The van der Waals surface area contributed by atoms with E-state index in [2.05, 4.69) is 15.6 Å². The lowest BCUT2D eigenvalue weighted by atomic mass is 10.2. The van der Waals surface area contributed by atoms with Crippen molar-refractivity contribution in [2.24, 2.45) is 0 Å². The molecule has 2 aromatic rings. The highest BCUT2D eigenvalue weighted by Crippen LogP contribution is 2.19. The van der Waals surface area contributed by atoms with Crippen molar-refractivity contribution in [3.8, 4) is 0 Å². The summed E-state index contributed by atoms with van der Waals surface area (Å²) in [5, 5.41) is 5.76. The van der Waals surface area contributed by atoms with Crippen molar-refractivity contribution in [2.45, 2.75) is 6.92 Å². The van der Waals surface area contributed by atoms with E-state index in [-0.39, 0.29) is 25.0 Å². The maximum Gasteiger partial charge on any atom is 0.251 e. The first-order valence-electron chi connectivity index (χ1n) is 6.89. The molecular weight excluding hydrogens is 318 g/mol. The van der Waals surface area contributed by atoms with E-state index >= 15 is 0 Å². The Labute approximate surface area is 138 Å². The van der Waals surface area contributed by atoms with Gasteiger partial charge in [0.2, 0.25) is 5.91 Å². The van der Waals surface area contributed by atoms with Crippen molar-refractivity contribution in [3.63, 3.8) is 0 Å². The summed E-state index contributed by atoms with van der Waals surface area (Å²) in [6, 6.07) is 10.4. The van der Waals surface area contributed by atoms with Crippen LogP contribution in [-0.2, 0) is 14.3 Å². The minimum Gasteiger partial charge on any atom is -0.362 e. The van der Waals surface area contributed by atoms with Crippen LogP contribution in [0.1, 0.15) is 5.56 Å². The Balaban J connectivity index is 1.72. The number of hydrogen-bond acceptors (Lipinski definition) is 4. The summed E-state index contributed by atoms with van der Waals surface area (Å²) in [6.07, 6.45) is 1.57. The number of benzene rings is 1. The molecule has 6 nitrogen and oxygen atoms in total. The molecule has 2 amide bonds. The molecule has 120 valence electrons. The number of anilines is 2. The fourth-order valence-electron chi connectivity index (χ4n) is 1.72. The maximum atomic E-state index is 11.7. The normalized spacial score (nSPS) is 10.2. The van der Waals surface area contributed by atoms with Crippen molar-refractivity contribution in [1.82, 2.24) is 4.98 Å². The standard InChI is InChI=1S/C16H16ClN3O3/c1-11-5-6-12(8-13(11)17)19-15(21)9-23-10-16(22)20-14-4-2-3-7-18-14/h2-8H,9-10H2,1H3,(H,19,21)(H,18,20,22). The number of amides is 2. The summed E-state index contributed by atoms with van der Waals surface area (Å²) >= 11 is 5.98. The molecule has 0 spiro atoms. The highest BCUT2D eigenvalue weighted by Gasteiger charge is 2.07. The maximum absolute atomic E-state index is 11.7. The topological polar surface area (TPSA) is 80.3 Å². The minimum atomic E-state index is -0.380. The fourth-order valence-corrected chi connectivity index (χ4v) is 1.90. The molecule has 0 aliphatic carbocycles. The molecule has 0 saturated heterocycles. The molecule has 0 bridgehead atoms. The van der Waals surface area contributed by atoms with Gasteiger partial charge in [0.1, 0.15) is 19.0 Å². The van der Waals surface area contributed by atoms with Gasteiger partial charge in [-0.3, -0.25) is 9.59 Å². The number of aryl methyl sites for hydroxylation is 1. The van der Waals surface area contributed by atoms with Crippen LogP contribution in [0.2, 0.25) is 5.02 Å². The minimum absolute atomic E-state index is 0.235. The third kappa shape index (κ3) is 5.69. The SMILES string of the molecule is Cc1ccc(NC(=O)COCC(=O)Nc2ccccn2)cc1Cl. The van der Waals surface area contributed by atoms with Crippen molar-refractivity contribution >= 4 is 34.9 Å². The van der Waals surface area contributed by atoms with E-state index in [1.54, 1.807) is 42.6 Å². The van der Waals surface area contributed by atoms with Crippen LogP contribution in [0.25, 0.3) is 0 Å². The van der Waals surface area contributed by atoms with Gasteiger partial charge in [-0.25, -0.2) is 4.98 Å². The third-order valence-corrected chi connectivity index (χ3v) is 3.26. The largest absolute Gasteiger partial charge is 0.362 e. The molecule has 0 aliphatic heterocycles. The molecule has 23 heavy (non-hydrogen) atoms. The van der Waals surface area contributed by atoms with Gasteiger partial charge in [-0.1, -0.05) is 23.7 Å². The average Bonchev–Trinajstić information content (AvgIpc) is 2.52. The second-order valence-corrected chi connectivity index (χ2v) is 5.18. The van der Waals surface area contributed by atoms with Gasteiger partial charge in [0.25, 0.3) is 5.91 Å². The number of rotatable bonds is 6. The molecule has 0 radical (unpaired) electrons. The van der Waals surface area contributed by atoms with Crippen LogP contribution in [0.5, 0.6) is 0 Å². The molecule has 2 N–H and O–H groups in total. The number of hydrogen-bond donors (Lipinski definition) is 2. The number of nitrogens with zero attached hydrogens (tertiary/aromatic N) is 1. The predicted octanol–water partition coefficient (Wildman–Crippen LogP) is 2.64. The highest BCUT2D eigenvalue weighted by atomic mass is 35.5. The van der Waals surface area contributed by atoms with E-state index in [1.807, 2.05) is 6.92 Å². The smallest absolute Gasteiger partial charge is 0.251 e. The Hall–Kier alpha value is -2.44. The van der Waals surface area contributed by atoms with E-state index in [9.17, 15) is 9.59 Å². The highest BCUT2D eigenvalue weighted by molar-refractivity contribution is 6.31. The molecule has 2 rings (SSSR count). The zero-order valence-corrected chi connectivity index (χ0v) is 13.3. The number of pyridine rings is 1. The van der Waals surface area contributed by atoms with E-state index in [0.29, 0.717) is 16.5 Å². The van der Waals surface area contributed by atoms with Gasteiger partial charge < -0.3 is 15.4 Å². The Bertz CT molecular complexity index is 692. The number of carbonyl (C=O) groups is 2. The van der Waals surface area contributed by atoms with E-state index in [4.69, 9.17) is 16.3 Å². The first-order chi connectivity index (χ1) is 11.0. The van der Waals surface area contributed by atoms with Crippen molar-refractivity contribution in [2.75, 3.05) is 23.8 Å². The molecule has 1 heterocycles. The van der Waals surface area contributed by atoms with Crippen LogP contribution in [0, 0.1) is 6.92 Å². The molecule has 7 heteroatoms. The van der Waals surface area contributed by atoms with Gasteiger partial charge in [0.15, 0.2) is 0 Å². The van der Waals surface area contributed by atoms with Crippen LogP contribution < -0.4 is 10.6 Å². The summed E-state index contributed by atoms with van der Waals surface area (Å²) in [6.45, 7) is 1.40. The monoisotopic (exact) mass is 333 g/mol. The van der Waals surface area contributed by atoms with Crippen LogP contribution in [0.15, 0.2) is 42.6 Å². The number of halogens is 1. The lowest BCUT2D eigenvalue weighted by Crippen LogP contribution is -2.24. The molecular formula is C16H16ClN3O3. The van der Waals surface area contributed by atoms with Gasteiger partial charge in [-0.15, -0.1) is 0 Å². The molecule has 1 aromatic heterocycles. The van der Waals surface area contributed by atoms with Crippen LogP contribution in [-0.4, -0.2) is 30.0 Å². The molecule has 0 fully saturated rings. The molecule has 0 saturated carbocycles. The average molecular weight is 334 g/mol. The lowest BCUT2D eigenvalue weighted by Gasteiger charge is -2.08. The lowest BCUT2D eigenvalue weighted by molar-refractivity contribution is -0.125. The Morgan fingerprint density at radius 1 is 1.13 bits per heavy atom. The third-order valence-electron chi connectivity index (χ3n) is 2.85. The van der Waals surface area contributed by atoms with Crippen LogP contribution in [0.4, 0.5) is 11.5 Å². The quantitative estimate of drug-likeness (QED) is 0.851. The van der Waals surface area contributed by atoms with Gasteiger partial charge in [-0.2, -0.15) is 0 Å². The number of aromatic nitrogens is 1. The fraction of sp³-hybridized carbons (Fsp3) is 0.188. The van der Waals surface area contributed by atoms with E-state index in [0.717, 1.165) is 5.56 Å². The first kappa shape index (κ1) is 16.9. The Kier molecular flexibility index (Phi) is 6.08. The predicted molar refractivity (Wildman–Crippen MR) is 88.5 cm³/mol. The first-order valence-corrected chi connectivity index (χ1v) is 7.27. The number of carbonyl (C=O) groups excluding carboxylic acids is 2. The van der Waals surface area contributed by atoms with Crippen molar-refractivity contribution < 1.29 is 14.3 Å². The van der Waals surface area contributed by atoms with Gasteiger partial charge in [0, 0.05) is 16.9 Å².